The molecule has 86 valence electrons. The van der Waals surface area contributed by atoms with Crippen molar-refractivity contribution in [3.8, 4) is 10.4 Å². The SMILES string of the molecule is NC(=O)c1ccc(-c2ccc(C(N)=O)s2)cc1. The monoisotopic (exact) mass is 246 g/mol. The highest BCUT2D eigenvalue weighted by atomic mass is 32.1. The fourth-order valence-corrected chi connectivity index (χ4v) is 2.29. The number of benzene rings is 1. The Morgan fingerprint density at radius 3 is 2.00 bits per heavy atom. The number of amides is 2. The molecule has 0 bridgehead atoms. The second-order valence-corrected chi connectivity index (χ2v) is 4.55. The van der Waals surface area contributed by atoms with Crippen LogP contribution < -0.4 is 11.5 Å². The number of carbonyl (C=O) groups is 2. The fourth-order valence-electron chi connectivity index (χ4n) is 1.42. The van der Waals surface area contributed by atoms with Crippen molar-refractivity contribution >= 4 is 23.2 Å². The van der Waals surface area contributed by atoms with E-state index in [1.54, 1.807) is 30.3 Å². The third kappa shape index (κ3) is 2.34. The van der Waals surface area contributed by atoms with E-state index in [-0.39, 0.29) is 0 Å². The van der Waals surface area contributed by atoms with Gasteiger partial charge in [-0.1, -0.05) is 12.1 Å². The lowest BCUT2D eigenvalue weighted by atomic mass is 10.1. The summed E-state index contributed by atoms with van der Waals surface area (Å²) in [6.07, 6.45) is 0. The Hall–Kier alpha value is -2.14. The maximum absolute atomic E-state index is 11.0. The normalized spacial score (nSPS) is 10.1. The molecule has 2 amide bonds. The molecule has 0 aliphatic rings. The molecular weight excluding hydrogens is 236 g/mol. The summed E-state index contributed by atoms with van der Waals surface area (Å²) < 4.78 is 0. The summed E-state index contributed by atoms with van der Waals surface area (Å²) in [5, 5.41) is 0. The summed E-state index contributed by atoms with van der Waals surface area (Å²) in [7, 11) is 0. The van der Waals surface area contributed by atoms with Crippen molar-refractivity contribution in [2.75, 3.05) is 0 Å². The van der Waals surface area contributed by atoms with E-state index < -0.39 is 11.8 Å². The molecule has 0 aliphatic heterocycles. The van der Waals surface area contributed by atoms with Crippen LogP contribution in [0.3, 0.4) is 0 Å². The van der Waals surface area contributed by atoms with Crippen LogP contribution in [0.2, 0.25) is 0 Å². The summed E-state index contributed by atoms with van der Waals surface area (Å²) >= 11 is 1.32. The summed E-state index contributed by atoms with van der Waals surface area (Å²) in [4.78, 5) is 23.3. The highest BCUT2D eigenvalue weighted by molar-refractivity contribution is 7.17. The molecule has 4 N–H and O–H groups in total. The zero-order valence-corrected chi connectivity index (χ0v) is 9.66. The van der Waals surface area contributed by atoms with Crippen molar-refractivity contribution in [1.82, 2.24) is 0 Å². The molecule has 0 fully saturated rings. The molecule has 1 heterocycles. The number of nitrogens with two attached hydrogens (primary N) is 2. The van der Waals surface area contributed by atoms with E-state index in [2.05, 4.69) is 0 Å². The van der Waals surface area contributed by atoms with E-state index in [9.17, 15) is 9.59 Å². The van der Waals surface area contributed by atoms with Gasteiger partial charge in [-0.05, 0) is 29.8 Å². The van der Waals surface area contributed by atoms with Crippen molar-refractivity contribution in [2.45, 2.75) is 0 Å². The largest absolute Gasteiger partial charge is 0.366 e. The molecule has 0 atom stereocenters. The molecule has 0 radical (unpaired) electrons. The molecule has 0 saturated carbocycles. The number of hydrogen-bond acceptors (Lipinski definition) is 3. The average molecular weight is 246 g/mol. The van der Waals surface area contributed by atoms with Gasteiger partial charge in [0, 0.05) is 10.4 Å². The molecule has 2 aromatic rings. The highest BCUT2D eigenvalue weighted by Crippen LogP contribution is 2.27. The summed E-state index contributed by atoms with van der Waals surface area (Å²) in [6.45, 7) is 0. The van der Waals surface area contributed by atoms with E-state index in [1.165, 1.54) is 11.3 Å². The van der Waals surface area contributed by atoms with Gasteiger partial charge >= 0.3 is 0 Å². The number of carbonyl (C=O) groups excluding carboxylic acids is 2. The van der Waals surface area contributed by atoms with Crippen molar-refractivity contribution in [2.24, 2.45) is 11.5 Å². The van der Waals surface area contributed by atoms with Gasteiger partial charge in [-0.2, -0.15) is 0 Å². The summed E-state index contributed by atoms with van der Waals surface area (Å²) in [5.41, 5.74) is 11.7. The van der Waals surface area contributed by atoms with Crippen LogP contribution in [0.15, 0.2) is 36.4 Å². The van der Waals surface area contributed by atoms with Crippen LogP contribution in [-0.4, -0.2) is 11.8 Å². The van der Waals surface area contributed by atoms with Crippen molar-refractivity contribution < 1.29 is 9.59 Å². The van der Waals surface area contributed by atoms with Gasteiger partial charge in [0.05, 0.1) is 4.88 Å². The Labute approximate surface area is 102 Å². The molecule has 1 aromatic carbocycles. The molecule has 0 unspecified atom stereocenters. The van der Waals surface area contributed by atoms with Crippen molar-refractivity contribution in [1.29, 1.82) is 0 Å². The predicted octanol–water partition coefficient (Wildman–Crippen LogP) is 1.61. The minimum Gasteiger partial charge on any atom is -0.366 e. The second kappa shape index (κ2) is 4.39. The van der Waals surface area contributed by atoms with Crippen LogP contribution in [0.4, 0.5) is 0 Å². The maximum atomic E-state index is 11.0. The Balaban J connectivity index is 2.33. The first-order chi connectivity index (χ1) is 8.08. The molecule has 1 aromatic heterocycles. The lowest BCUT2D eigenvalue weighted by molar-refractivity contribution is 0.0993. The molecule has 4 nitrogen and oxygen atoms in total. The van der Waals surface area contributed by atoms with Gasteiger partial charge in [-0.3, -0.25) is 9.59 Å². The highest BCUT2D eigenvalue weighted by Gasteiger charge is 2.07. The number of rotatable bonds is 3. The zero-order chi connectivity index (χ0) is 12.4. The Morgan fingerprint density at radius 1 is 0.882 bits per heavy atom. The van der Waals surface area contributed by atoms with Gasteiger partial charge in [0.15, 0.2) is 0 Å². The first kappa shape index (κ1) is 11.3. The van der Waals surface area contributed by atoms with E-state index in [1.807, 2.05) is 6.07 Å². The molecule has 5 heteroatoms. The Kier molecular flexibility index (Phi) is 2.93. The second-order valence-electron chi connectivity index (χ2n) is 3.47. The molecule has 0 aliphatic carbocycles. The van der Waals surface area contributed by atoms with E-state index in [0.717, 1.165) is 10.4 Å². The van der Waals surface area contributed by atoms with Gasteiger partial charge in [0.2, 0.25) is 5.91 Å². The minimum absolute atomic E-state index is 0.435. The molecular formula is C12H10N2O2S. The summed E-state index contributed by atoms with van der Waals surface area (Å²) in [5.74, 6) is -0.893. The van der Waals surface area contributed by atoms with Crippen LogP contribution in [0.1, 0.15) is 20.0 Å². The van der Waals surface area contributed by atoms with E-state index >= 15 is 0 Å². The standard InChI is InChI=1S/C12H10N2O2S/c13-11(15)8-3-1-7(2-4-8)9-5-6-10(17-9)12(14)16/h1-6H,(H2,13,15)(H2,14,16). The first-order valence-corrected chi connectivity index (χ1v) is 5.69. The maximum Gasteiger partial charge on any atom is 0.258 e. The van der Waals surface area contributed by atoms with Gasteiger partial charge < -0.3 is 11.5 Å². The fraction of sp³-hybridized carbons (Fsp3) is 0. The topological polar surface area (TPSA) is 86.2 Å². The van der Waals surface area contributed by atoms with Crippen molar-refractivity contribution in [3.05, 3.63) is 46.8 Å². The average Bonchev–Trinajstić information content (AvgIpc) is 2.78. The third-order valence-electron chi connectivity index (χ3n) is 2.30. The van der Waals surface area contributed by atoms with Gasteiger partial charge in [0.1, 0.15) is 0 Å². The summed E-state index contributed by atoms with van der Waals surface area (Å²) in [6, 6.07) is 10.4. The van der Waals surface area contributed by atoms with Crippen LogP contribution in [-0.2, 0) is 0 Å². The van der Waals surface area contributed by atoms with Crippen LogP contribution in [0.5, 0.6) is 0 Å². The number of primary amides is 2. The Bertz CT molecular complexity index is 572. The minimum atomic E-state index is -0.458. The molecule has 0 saturated heterocycles. The quantitative estimate of drug-likeness (QED) is 0.862. The lowest BCUT2D eigenvalue weighted by Gasteiger charge is -1.98. The number of thiophene rings is 1. The van der Waals surface area contributed by atoms with E-state index in [4.69, 9.17) is 11.5 Å². The lowest BCUT2D eigenvalue weighted by Crippen LogP contribution is -2.10. The first-order valence-electron chi connectivity index (χ1n) is 4.88. The van der Waals surface area contributed by atoms with Crippen molar-refractivity contribution in [3.63, 3.8) is 0 Å². The molecule has 2 rings (SSSR count). The van der Waals surface area contributed by atoms with Gasteiger partial charge in [0.25, 0.3) is 5.91 Å². The van der Waals surface area contributed by atoms with E-state index in [0.29, 0.717) is 10.4 Å². The molecule has 17 heavy (non-hydrogen) atoms. The van der Waals surface area contributed by atoms with Gasteiger partial charge in [-0.15, -0.1) is 11.3 Å². The zero-order valence-electron chi connectivity index (χ0n) is 8.84. The van der Waals surface area contributed by atoms with Crippen LogP contribution in [0, 0.1) is 0 Å². The predicted molar refractivity (Wildman–Crippen MR) is 66.8 cm³/mol. The third-order valence-corrected chi connectivity index (χ3v) is 3.45. The molecule has 0 spiro atoms. The van der Waals surface area contributed by atoms with Crippen LogP contribution >= 0.6 is 11.3 Å². The van der Waals surface area contributed by atoms with Crippen LogP contribution in [0.25, 0.3) is 10.4 Å². The Morgan fingerprint density at radius 2 is 1.53 bits per heavy atom. The smallest absolute Gasteiger partial charge is 0.258 e. The number of hydrogen-bond donors (Lipinski definition) is 2. The van der Waals surface area contributed by atoms with Gasteiger partial charge in [-0.25, -0.2) is 0 Å².